The van der Waals surface area contributed by atoms with Crippen molar-refractivity contribution < 1.29 is 18.9 Å². The van der Waals surface area contributed by atoms with Crippen molar-refractivity contribution in [1.29, 1.82) is 5.26 Å². The molecule has 0 aliphatic heterocycles. The number of hydrogen-bond donors (Lipinski definition) is 0. The van der Waals surface area contributed by atoms with E-state index < -0.39 is 5.60 Å². The molecule has 0 N–H and O–H groups in total. The summed E-state index contributed by atoms with van der Waals surface area (Å²) in [5, 5.41) is 9.52. The lowest BCUT2D eigenvalue weighted by Gasteiger charge is -2.39. The third-order valence-electron chi connectivity index (χ3n) is 4.43. The van der Waals surface area contributed by atoms with Crippen LogP contribution in [-0.4, -0.2) is 47.2 Å². The van der Waals surface area contributed by atoms with Crippen LogP contribution in [0.25, 0.3) is 0 Å². The van der Waals surface area contributed by atoms with Crippen LogP contribution in [0, 0.1) is 23.2 Å². The van der Waals surface area contributed by atoms with Crippen LogP contribution in [0.3, 0.4) is 0 Å². The van der Waals surface area contributed by atoms with Gasteiger partial charge in [-0.2, -0.15) is 5.26 Å². The Labute approximate surface area is 187 Å². The predicted molar refractivity (Wildman–Crippen MR) is 120 cm³/mol. The van der Waals surface area contributed by atoms with Crippen molar-refractivity contribution in [3.63, 3.8) is 0 Å². The molecule has 1 aromatic rings. The first-order valence-corrected chi connectivity index (χ1v) is 10.8. The highest BCUT2D eigenvalue weighted by Gasteiger charge is 2.35. The van der Waals surface area contributed by atoms with Gasteiger partial charge in [0.2, 0.25) is 0 Å². The average molecular weight is 429 g/mol. The summed E-state index contributed by atoms with van der Waals surface area (Å²) >= 11 is 0. The fraction of sp³-hybridized carbons (Fsp3) is 0.680. The first-order chi connectivity index (χ1) is 14.3. The predicted octanol–water partition coefficient (Wildman–Crippen LogP) is 4.64. The van der Waals surface area contributed by atoms with Gasteiger partial charge in [-0.3, -0.25) is 0 Å². The molecule has 170 valence electrons. The highest BCUT2D eigenvalue weighted by atomic mass is 16.5. The summed E-state index contributed by atoms with van der Waals surface area (Å²) in [4.78, 5) is 4.35. The van der Waals surface area contributed by atoms with Crippen LogP contribution in [0.15, 0.2) is 12.3 Å². The molecule has 1 aromatic heterocycles. The van der Waals surface area contributed by atoms with Gasteiger partial charge in [0.25, 0.3) is 0 Å². The molecule has 1 heterocycles. The molecule has 0 radical (unpaired) electrons. The average Bonchev–Trinajstić information content (AvgIpc) is 2.61. The fourth-order valence-corrected chi connectivity index (χ4v) is 2.98. The summed E-state index contributed by atoms with van der Waals surface area (Å²) in [6.45, 7) is 16.9. The van der Waals surface area contributed by atoms with E-state index in [4.69, 9.17) is 18.9 Å². The molecule has 0 unspecified atom stereocenters. The van der Waals surface area contributed by atoms with E-state index in [9.17, 15) is 5.26 Å². The molecule has 6 nitrogen and oxygen atoms in total. The Morgan fingerprint density at radius 3 is 2.19 bits per heavy atom. The van der Waals surface area contributed by atoms with Gasteiger partial charge in [0.15, 0.2) is 5.75 Å². The minimum absolute atomic E-state index is 0.0424. The molecular formula is C25H36N2O4. The Morgan fingerprint density at radius 1 is 0.968 bits per heavy atom. The van der Waals surface area contributed by atoms with Crippen LogP contribution in [-0.2, 0) is 14.2 Å². The molecule has 1 aliphatic rings. The second-order valence-corrected chi connectivity index (χ2v) is 10.3. The molecule has 0 aromatic carbocycles. The van der Waals surface area contributed by atoms with Crippen molar-refractivity contribution in [3.05, 3.63) is 23.5 Å². The minimum atomic E-state index is -0.654. The molecule has 1 aliphatic carbocycles. The van der Waals surface area contributed by atoms with Crippen LogP contribution in [0.5, 0.6) is 5.75 Å². The number of rotatable bonds is 7. The molecule has 0 saturated heterocycles. The Balaban J connectivity index is 1.91. The molecule has 0 atom stereocenters. The highest BCUT2D eigenvalue weighted by molar-refractivity contribution is 5.46. The summed E-state index contributed by atoms with van der Waals surface area (Å²) in [7, 11) is 0. The Kier molecular flexibility index (Phi) is 8.11. The second kappa shape index (κ2) is 10.0. The smallest absolute Gasteiger partial charge is 0.155 e. The van der Waals surface area contributed by atoms with E-state index >= 15 is 0 Å². The van der Waals surface area contributed by atoms with Crippen molar-refractivity contribution in [2.45, 2.75) is 97.2 Å². The van der Waals surface area contributed by atoms with E-state index in [-0.39, 0.29) is 23.4 Å². The summed E-state index contributed by atoms with van der Waals surface area (Å²) in [5.74, 6) is 6.57. The summed E-state index contributed by atoms with van der Waals surface area (Å²) in [6, 6.07) is 3.84. The van der Waals surface area contributed by atoms with Gasteiger partial charge in [-0.15, -0.1) is 0 Å². The third-order valence-corrected chi connectivity index (χ3v) is 4.43. The van der Waals surface area contributed by atoms with E-state index in [2.05, 4.69) is 22.9 Å². The standard InChI is InChI=1S/C25H36N2O4/c1-23(2,3)28-11-12-29-25(7,8)10-9-19-13-18(16-26)22(17-27-19)30-20-14-21(15-20)31-24(4,5)6/h13,17,20-21H,11-12,14-15H2,1-8H3. The van der Waals surface area contributed by atoms with Crippen molar-refractivity contribution in [2.24, 2.45) is 0 Å². The quantitative estimate of drug-likeness (QED) is 0.465. The number of ether oxygens (including phenoxy) is 4. The SMILES string of the molecule is CC(C)(C)OCCOC(C)(C)C#Cc1cc(C#N)c(OC2CC(OC(C)(C)C)C2)cn1. The van der Waals surface area contributed by atoms with Crippen LogP contribution in [0.2, 0.25) is 0 Å². The second-order valence-electron chi connectivity index (χ2n) is 10.3. The van der Waals surface area contributed by atoms with Gasteiger partial charge in [0.1, 0.15) is 23.5 Å². The highest BCUT2D eigenvalue weighted by Crippen LogP contribution is 2.32. The topological polar surface area (TPSA) is 73.6 Å². The first kappa shape index (κ1) is 25.1. The van der Waals surface area contributed by atoms with Crippen LogP contribution < -0.4 is 4.74 Å². The number of aromatic nitrogens is 1. The van der Waals surface area contributed by atoms with Crippen LogP contribution >= 0.6 is 0 Å². The van der Waals surface area contributed by atoms with E-state index in [1.54, 1.807) is 12.3 Å². The van der Waals surface area contributed by atoms with Gasteiger partial charge in [0, 0.05) is 12.8 Å². The zero-order valence-corrected chi connectivity index (χ0v) is 20.2. The molecule has 6 heteroatoms. The van der Waals surface area contributed by atoms with E-state index in [0.29, 0.717) is 30.2 Å². The zero-order valence-electron chi connectivity index (χ0n) is 20.2. The van der Waals surface area contributed by atoms with Crippen molar-refractivity contribution in [1.82, 2.24) is 4.98 Å². The Hall–Kier alpha value is -2.12. The largest absolute Gasteiger partial charge is 0.487 e. The lowest BCUT2D eigenvalue weighted by Crippen LogP contribution is -2.43. The maximum atomic E-state index is 9.52. The lowest BCUT2D eigenvalue weighted by molar-refractivity contribution is -0.126. The van der Waals surface area contributed by atoms with Crippen LogP contribution in [0.1, 0.15) is 79.5 Å². The van der Waals surface area contributed by atoms with Crippen molar-refractivity contribution in [2.75, 3.05) is 13.2 Å². The van der Waals surface area contributed by atoms with Gasteiger partial charge in [0.05, 0.1) is 42.3 Å². The molecule has 2 rings (SSSR count). The van der Waals surface area contributed by atoms with Crippen LogP contribution in [0.4, 0.5) is 0 Å². The summed E-state index contributed by atoms with van der Waals surface area (Å²) in [6.07, 6.45) is 3.44. The summed E-state index contributed by atoms with van der Waals surface area (Å²) in [5.41, 5.74) is -0.0720. The monoisotopic (exact) mass is 428 g/mol. The molecular weight excluding hydrogens is 392 g/mol. The number of nitriles is 1. The fourth-order valence-electron chi connectivity index (χ4n) is 2.98. The maximum Gasteiger partial charge on any atom is 0.155 e. The van der Waals surface area contributed by atoms with Gasteiger partial charge in [-0.25, -0.2) is 4.98 Å². The normalized spacial score (nSPS) is 19.1. The third kappa shape index (κ3) is 9.27. The molecule has 0 spiro atoms. The molecule has 0 amide bonds. The van der Waals surface area contributed by atoms with E-state index in [1.165, 1.54) is 0 Å². The summed E-state index contributed by atoms with van der Waals surface area (Å²) < 4.78 is 23.4. The minimum Gasteiger partial charge on any atom is -0.487 e. The zero-order chi connectivity index (χ0) is 23.3. The van der Waals surface area contributed by atoms with Crippen molar-refractivity contribution in [3.8, 4) is 23.7 Å². The van der Waals surface area contributed by atoms with Gasteiger partial charge in [-0.1, -0.05) is 5.92 Å². The number of hydrogen-bond acceptors (Lipinski definition) is 6. The Bertz CT molecular complexity index is 841. The van der Waals surface area contributed by atoms with Crippen molar-refractivity contribution >= 4 is 0 Å². The lowest BCUT2D eigenvalue weighted by atomic mass is 9.91. The molecule has 31 heavy (non-hydrogen) atoms. The molecule has 1 fully saturated rings. The first-order valence-electron chi connectivity index (χ1n) is 10.8. The number of pyridine rings is 1. The number of nitrogens with zero attached hydrogens (tertiary/aromatic N) is 2. The van der Waals surface area contributed by atoms with E-state index in [0.717, 1.165) is 12.8 Å². The Morgan fingerprint density at radius 2 is 1.61 bits per heavy atom. The van der Waals surface area contributed by atoms with Gasteiger partial charge < -0.3 is 18.9 Å². The van der Waals surface area contributed by atoms with Gasteiger partial charge in [-0.05, 0) is 67.4 Å². The molecule has 1 saturated carbocycles. The molecule has 0 bridgehead atoms. The van der Waals surface area contributed by atoms with Gasteiger partial charge >= 0.3 is 0 Å². The van der Waals surface area contributed by atoms with E-state index in [1.807, 2.05) is 55.4 Å². The maximum absolute atomic E-state index is 9.52.